The highest BCUT2D eigenvalue weighted by Crippen LogP contribution is 2.00. The molecule has 0 atom stereocenters. The van der Waals surface area contributed by atoms with Gasteiger partial charge in [-0.05, 0) is 25.6 Å². The van der Waals surface area contributed by atoms with Crippen LogP contribution in [0.1, 0.15) is 11.3 Å². The van der Waals surface area contributed by atoms with Gasteiger partial charge in [0.2, 0.25) is 0 Å². The lowest BCUT2D eigenvalue weighted by molar-refractivity contribution is 0.101. The summed E-state index contributed by atoms with van der Waals surface area (Å²) in [7, 11) is 2.17. The number of likely N-dealkylation sites (N-methyl/N-ethyl adjacent to an activating group) is 1. The van der Waals surface area contributed by atoms with Crippen LogP contribution in [-0.2, 0) is 6.54 Å². The lowest BCUT2D eigenvalue weighted by atomic mass is 10.3. The average Bonchev–Trinajstić information content (AvgIpc) is 2.30. The Labute approximate surface area is 97.2 Å². The molecule has 0 aromatic carbocycles. The van der Waals surface area contributed by atoms with Gasteiger partial charge < -0.3 is 4.90 Å². The summed E-state index contributed by atoms with van der Waals surface area (Å²) in [6, 6.07) is 4.19. The van der Waals surface area contributed by atoms with Crippen LogP contribution in [0.3, 0.4) is 0 Å². The fourth-order valence-corrected chi connectivity index (χ4v) is 1.76. The van der Waals surface area contributed by atoms with Gasteiger partial charge in [0.05, 0.1) is 12.2 Å². The first-order valence-corrected chi connectivity index (χ1v) is 5.82. The largest absolute Gasteiger partial charge is 0.304 e. The van der Waals surface area contributed by atoms with Gasteiger partial charge in [-0.1, -0.05) is 6.07 Å². The van der Waals surface area contributed by atoms with Crippen molar-refractivity contribution in [2.45, 2.75) is 13.5 Å². The number of nitrogens with one attached hydrogen (secondary N) is 1. The van der Waals surface area contributed by atoms with Crippen molar-refractivity contribution >= 4 is 0 Å². The normalized spacial score (nSPS) is 18.9. The first-order chi connectivity index (χ1) is 7.74. The van der Waals surface area contributed by atoms with Crippen LogP contribution in [0.25, 0.3) is 0 Å². The SMILES string of the molecule is Cc1ccc(CNN2CCN(C)CC2)nc1. The second-order valence-corrected chi connectivity index (χ2v) is 4.45. The van der Waals surface area contributed by atoms with Gasteiger partial charge in [0.1, 0.15) is 0 Å². The molecule has 1 fully saturated rings. The van der Waals surface area contributed by atoms with Gasteiger partial charge in [0.15, 0.2) is 0 Å². The fourth-order valence-electron chi connectivity index (χ4n) is 1.76. The van der Waals surface area contributed by atoms with Crippen molar-refractivity contribution in [1.82, 2.24) is 20.3 Å². The molecule has 0 amide bonds. The second kappa shape index (κ2) is 5.39. The van der Waals surface area contributed by atoms with Gasteiger partial charge in [-0.3, -0.25) is 4.98 Å². The summed E-state index contributed by atoms with van der Waals surface area (Å²) in [5.74, 6) is 0. The highest BCUT2D eigenvalue weighted by Gasteiger charge is 2.12. The molecule has 0 bridgehead atoms. The van der Waals surface area contributed by atoms with Gasteiger partial charge in [-0.15, -0.1) is 0 Å². The fraction of sp³-hybridized carbons (Fsp3) is 0.583. The smallest absolute Gasteiger partial charge is 0.0556 e. The molecular formula is C12H20N4. The Bertz CT molecular complexity index is 314. The summed E-state index contributed by atoms with van der Waals surface area (Å²) in [6.45, 7) is 7.32. The van der Waals surface area contributed by atoms with E-state index in [0.717, 1.165) is 38.4 Å². The Kier molecular flexibility index (Phi) is 3.88. The molecule has 4 heteroatoms. The van der Waals surface area contributed by atoms with Crippen LogP contribution in [0.4, 0.5) is 0 Å². The zero-order valence-corrected chi connectivity index (χ0v) is 10.1. The quantitative estimate of drug-likeness (QED) is 0.810. The lowest BCUT2D eigenvalue weighted by Crippen LogP contribution is -2.50. The number of rotatable bonds is 3. The molecule has 16 heavy (non-hydrogen) atoms. The zero-order valence-electron chi connectivity index (χ0n) is 10.1. The van der Waals surface area contributed by atoms with Crippen LogP contribution in [0.2, 0.25) is 0 Å². The standard InChI is InChI=1S/C12H20N4/c1-11-3-4-12(13-9-11)10-14-16-7-5-15(2)6-8-16/h3-4,9,14H,5-8,10H2,1-2H3. The first-order valence-electron chi connectivity index (χ1n) is 5.82. The summed E-state index contributed by atoms with van der Waals surface area (Å²) in [5, 5.41) is 2.28. The molecule has 0 aliphatic carbocycles. The molecule has 2 rings (SSSR count). The zero-order chi connectivity index (χ0) is 11.4. The molecule has 0 saturated carbocycles. The Hall–Kier alpha value is -0.970. The summed E-state index contributed by atoms with van der Waals surface area (Å²) >= 11 is 0. The van der Waals surface area contributed by atoms with Crippen molar-refractivity contribution in [3.8, 4) is 0 Å². The number of pyridine rings is 1. The predicted molar refractivity (Wildman–Crippen MR) is 64.9 cm³/mol. The first kappa shape index (κ1) is 11.5. The minimum absolute atomic E-state index is 0.823. The van der Waals surface area contributed by atoms with E-state index in [1.54, 1.807) is 0 Å². The van der Waals surface area contributed by atoms with E-state index in [0.29, 0.717) is 0 Å². The Balaban J connectivity index is 1.77. The number of nitrogens with zero attached hydrogens (tertiary/aromatic N) is 3. The molecule has 0 spiro atoms. The molecule has 1 saturated heterocycles. The topological polar surface area (TPSA) is 31.4 Å². The van der Waals surface area contributed by atoms with Gasteiger partial charge >= 0.3 is 0 Å². The molecule has 1 aliphatic rings. The van der Waals surface area contributed by atoms with Crippen LogP contribution in [-0.4, -0.2) is 48.1 Å². The van der Waals surface area contributed by atoms with Crippen molar-refractivity contribution in [2.75, 3.05) is 33.2 Å². The Morgan fingerprint density at radius 1 is 1.25 bits per heavy atom. The van der Waals surface area contributed by atoms with Gasteiger partial charge in [-0.2, -0.15) is 0 Å². The van der Waals surface area contributed by atoms with E-state index in [1.807, 2.05) is 6.20 Å². The maximum atomic E-state index is 4.38. The minimum Gasteiger partial charge on any atom is -0.304 e. The van der Waals surface area contributed by atoms with Gasteiger partial charge in [-0.25, -0.2) is 10.4 Å². The van der Waals surface area contributed by atoms with Gasteiger partial charge in [0, 0.05) is 32.4 Å². The molecule has 1 N–H and O–H groups in total. The van der Waals surface area contributed by atoms with Crippen molar-refractivity contribution in [3.63, 3.8) is 0 Å². The third-order valence-corrected chi connectivity index (χ3v) is 2.96. The van der Waals surface area contributed by atoms with Gasteiger partial charge in [0.25, 0.3) is 0 Å². The molecule has 1 aliphatic heterocycles. The second-order valence-electron chi connectivity index (χ2n) is 4.45. The molecule has 0 radical (unpaired) electrons. The van der Waals surface area contributed by atoms with Crippen molar-refractivity contribution in [1.29, 1.82) is 0 Å². The van der Waals surface area contributed by atoms with Crippen molar-refractivity contribution < 1.29 is 0 Å². The molecule has 1 aromatic heterocycles. The average molecular weight is 220 g/mol. The molecule has 0 unspecified atom stereocenters. The Morgan fingerprint density at radius 2 is 2.00 bits per heavy atom. The highest BCUT2D eigenvalue weighted by molar-refractivity contribution is 5.11. The number of hydrogen-bond acceptors (Lipinski definition) is 4. The monoisotopic (exact) mass is 220 g/mol. The van der Waals surface area contributed by atoms with Crippen molar-refractivity contribution in [2.24, 2.45) is 0 Å². The Morgan fingerprint density at radius 3 is 2.62 bits per heavy atom. The molecule has 1 aromatic rings. The van der Waals surface area contributed by atoms with Crippen LogP contribution in [0.5, 0.6) is 0 Å². The minimum atomic E-state index is 0.823. The van der Waals surface area contributed by atoms with E-state index in [1.165, 1.54) is 5.56 Å². The summed E-state index contributed by atoms with van der Waals surface area (Å²) in [4.78, 5) is 6.73. The number of aryl methyl sites for hydroxylation is 1. The van der Waals surface area contributed by atoms with Crippen molar-refractivity contribution in [3.05, 3.63) is 29.6 Å². The van der Waals surface area contributed by atoms with E-state index >= 15 is 0 Å². The maximum Gasteiger partial charge on any atom is 0.0556 e. The number of hydrazine groups is 1. The van der Waals surface area contributed by atoms with Crippen LogP contribution < -0.4 is 5.43 Å². The highest BCUT2D eigenvalue weighted by atomic mass is 15.5. The molecule has 88 valence electrons. The van der Waals surface area contributed by atoms with E-state index in [2.05, 4.69) is 46.4 Å². The summed E-state index contributed by atoms with van der Waals surface area (Å²) in [6.07, 6.45) is 1.92. The van der Waals surface area contributed by atoms with E-state index in [-0.39, 0.29) is 0 Å². The molecule has 2 heterocycles. The number of hydrogen-bond donors (Lipinski definition) is 1. The third-order valence-electron chi connectivity index (χ3n) is 2.96. The van der Waals surface area contributed by atoms with E-state index < -0.39 is 0 Å². The van der Waals surface area contributed by atoms with Crippen LogP contribution in [0, 0.1) is 6.92 Å². The number of aromatic nitrogens is 1. The predicted octanol–water partition coefficient (Wildman–Crippen LogP) is 0.642. The van der Waals surface area contributed by atoms with Crippen LogP contribution >= 0.6 is 0 Å². The number of piperazine rings is 1. The molecular weight excluding hydrogens is 200 g/mol. The summed E-state index contributed by atoms with van der Waals surface area (Å²) < 4.78 is 0. The molecule has 4 nitrogen and oxygen atoms in total. The summed E-state index contributed by atoms with van der Waals surface area (Å²) in [5.41, 5.74) is 5.73. The van der Waals surface area contributed by atoms with Crippen LogP contribution in [0.15, 0.2) is 18.3 Å². The van der Waals surface area contributed by atoms with E-state index in [4.69, 9.17) is 0 Å². The third kappa shape index (κ3) is 3.27. The maximum absolute atomic E-state index is 4.38. The lowest BCUT2D eigenvalue weighted by Gasteiger charge is -2.32. The van der Waals surface area contributed by atoms with E-state index in [9.17, 15) is 0 Å².